The van der Waals surface area contributed by atoms with Crippen molar-refractivity contribution in [1.29, 1.82) is 0 Å². The van der Waals surface area contributed by atoms with E-state index in [0.717, 1.165) is 10.0 Å². The minimum atomic E-state index is -0.647. The van der Waals surface area contributed by atoms with Crippen LogP contribution in [0.2, 0.25) is 0 Å². The predicted octanol–water partition coefficient (Wildman–Crippen LogP) is 2.88. The molecule has 0 aliphatic heterocycles. The van der Waals surface area contributed by atoms with Crippen LogP contribution in [0.3, 0.4) is 0 Å². The van der Waals surface area contributed by atoms with Crippen LogP contribution in [0.4, 0.5) is 4.79 Å². The summed E-state index contributed by atoms with van der Waals surface area (Å²) in [6.45, 7) is 5.55. The first kappa shape index (κ1) is 16.0. The van der Waals surface area contributed by atoms with Gasteiger partial charge in [-0.1, -0.05) is 34.1 Å². The molecule has 0 aromatic heterocycles. The fourth-order valence-corrected chi connectivity index (χ4v) is 1.95. The van der Waals surface area contributed by atoms with Gasteiger partial charge in [0, 0.05) is 17.4 Å². The molecule has 0 aliphatic carbocycles. The fourth-order valence-electron chi connectivity index (χ4n) is 1.51. The normalized spacial score (nSPS) is 12.9. The number of hydrogen-bond acceptors (Lipinski definition) is 3. The number of alkyl carbamates (subject to hydrolysis) is 1. The van der Waals surface area contributed by atoms with Crippen molar-refractivity contribution in [2.45, 2.75) is 38.9 Å². The molecule has 106 valence electrons. The van der Waals surface area contributed by atoms with E-state index in [1.165, 1.54) is 0 Å². The van der Waals surface area contributed by atoms with E-state index < -0.39 is 17.8 Å². The number of aliphatic hydroxyl groups is 1. The highest BCUT2D eigenvalue weighted by Crippen LogP contribution is 2.17. The Hall–Kier alpha value is -1.07. The molecule has 1 aromatic carbocycles. The lowest BCUT2D eigenvalue weighted by Crippen LogP contribution is -2.37. The maximum absolute atomic E-state index is 11.4. The summed E-state index contributed by atoms with van der Waals surface area (Å²) in [5.74, 6) is 0. The summed E-state index contributed by atoms with van der Waals surface area (Å²) in [4.78, 5) is 11.4. The Labute approximate surface area is 122 Å². The molecule has 0 saturated carbocycles. The summed E-state index contributed by atoms with van der Waals surface area (Å²) in [5.41, 5.74) is 0.471. The molecular weight excluding hydrogens is 310 g/mol. The lowest BCUT2D eigenvalue weighted by molar-refractivity contribution is 0.0492. The van der Waals surface area contributed by atoms with E-state index in [2.05, 4.69) is 21.2 Å². The maximum atomic E-state index is 11.4. The molecule has 0 spiro atoms. The van der Waals surface area contributed by atoms with E-state index in [1.54, 1.807) is 20.8 Å². The summed E-state index contributed by atoms with van der Waals surface area (Å²) >= 11 is 3.42. The number of amides is 1. The molecule has 0 saturated heterocycles. The molecule has 1 atom stereocenters. The van der Waals surface area contributed by atoms with Crippen molar-refractivity contribution < 1.29 is 14.6 Å². The van der Waals surface area contributed by atoms with E-state index in [-0.39, 0.29) is 6.54 Å². The van der Waals surface area contributed by atoms with Crippen molar-refractivity contribution >= 4 is 22.0 Å². The van der Waals surface area contributed by atoms with Crippen LogP contribution >= 0.6 is 15.9 Å². The second-order valence-electron chi connectivity index (χ2n) is 5.33. The van der Waals surface area contributed by atoms with Gasteiger partial charge in [0.2, 0.25) is 0 Å². The molecule has 0 bridgehead atoms. The third kappa shape index (κ3) is 6.59. The van der Waals surface area contributed by atoms with Crippen LogP contribution < -0.4 is 5.32 Å². The second-order valence-corrected chi connectivity index (χ2v) is 6.19. The summed E-state index contributed by atoms with van der Waals surface area (Å²) in [5, 5.41) is 12.4. The fraction of sp³-hybridized carbons (Fsp3) is 0.500. The molecule has 0 fully saturated rings. The maximum Gasteiger partial charge on any atom is 0.407 e. The summed E-state index contributed by atoms with van der Waals surface area (Å²) in [7, 11) is 0. The van der Waals surface area contributed by atoms with Crippen molar-refractivity contribution in [3.8, 4) is 0 Å². The van der Waals surface area contributed by atoms with Crippen LogP contribution in [0.25, 0.3) is 0 Å². The van der Waals surface area contributed by atoms with Gasteiger partial charge in [0.05, 0.1) is 6.10 Å². The highest BCUT2D eigenvalue weighted by atomic mass is 79.9. The van der Waals surface area contributed by atoms with E-state index >= 15 is 0 Å². The lowest BCUT2D eigenvalue weighted by atomic mass is 10.1. The molecule has 5 heteroatoms. The Balaban J connectivity index is 2.38. The third-order valence-corrected chi connectivity index (χ3v) is 3.07. The largest absolute Gasteiger partial charge is 0.444 e. The van der Waals surface area contributed by atoms with Gasteiger partial charge < -0.3 is 15.2 Å². The third-order valence-electron chi connectivity index (χ3n) is 2.29. The van der Waals surface area contributed by atoms with E-state index in [1.807, 2.05) is 24.3 Å². The van der Waals surface area contributed by atoms with Gasteiger partial charge >= 0.3 is 6.09 Å². The lowest BCUT2D eigenvalue weighted by Gasteiger charge is -2.20. The van der Waals surface area contributed by atoms with Crippen LogP contribution in [-0.2, 0) is 11.2 Å². The standard InChI is InChI=1S/C14H20BrNO3/c1-14(2,3)19-13(18)16-9-11(17)8-10-6-4-5-7-12(10)15/h4-7,11,17H,8-9H2,1-3H3,(H,16,18). The average Bonchev–Trinajstić information content (AvgIpc) is 2.27. The van der Waals surface area contributed by atoms with E-state index in [4.69, 9.17) is 4.74 Å². The Morgan fingerprint density at radius 3 is 2.63 bits per heavy atom. The Kier molecular flexibility index (Phi) is 5.82. The van der Waals surface area contributed by atoms with Crippen molar-refractivity contribution in [2.24, 2.45) is 0 Å². The molecule has 0 heterocycles. The molecule has 1 unspecified atom stereocenters. The summed E-state index contributed by atoms with van der Waals surface area (Å²) in [6.07, 6.45) is -0.693. The van der Waals surface area contributed by atoms with Gasteiger partial charge in [-0.15, -0.1) is 0 Å². The van der Waals surface area contributed by atoms with Gasteiger partial charge in [-0.2, -0.15) is 0 Å². The molecule has 19 heavy (non-hydrogen) atoms. The Morgan fingerprint density at radius 2 is 2.05 bits per heavy atom. The van der Waals surface area contributed by atoms with Crippen LogP contribution in [0.5, 0.6) is 0 Å². The Bertz CT molecular complexity index is 429. The number of halogens is 1. The van der Waals surface area contributed by atoms with Crippen LogP contribution in [0, 0.1) is 0 Å². The average molecular weight is 330 g/mol. The molecule has 1 aromatic rings. The number of nitrogens with one attached hydrogen (secondary N) is 1. The zero-order valence-corrected chi connectivity index (χ0v) is 13.0. The molecular formula is C14H20BrNO3. The summed E-state index contributed by atoms with van der Waals surface area (Å²) in [6, 6.07) is 7.68. The van der Waals surface area contributed by atoms with Gasteiger partial charge in [-0.3, -0.25) is 0 Å². The van der Waals surface area contributed by atoms with Gasteiger partial charge in [-0.05, 0) is 32.4 Å². The van der Waals surface area contributed by atoms with Crippen molar-refractivity contribution in [3.05, 3.63) is 34.3 Å². The van der Waals surface area contributed by atoms with Crippen molar-refractivity contribution in [1.82, 2.24) is 5.32 Å². The van der Waals surface area contributed by atoms with Gasteiger partial charge in [0.15, 0.2) is 0 Å². The van der Waals surface area contributed by atoms with Gasteiger partial charge in [0.25, 0.3) is 0 Å². The monoisotopic (exact) mass is 329 g/mol. The Morgan fingerprint density at radius 1 is 1.42 bits per heavy atom. The van der Waals surface area contributed by atoms with E-state index in [0.29, 0.717) is 6.42 Å². The van der Waals surface area contributed by atoms with E-state index in [9.17, 15) is 9.90 Å². The highest BCUT2D eigenvalue weighted by Gasteiger charge is 2.17. The second kappa shape index (κ2) is 6.91. The first-order valence-corrected chi connectivity index (χ1v) is 6.95. The number of carbonyl (C=O) groups excluding carboxylic acids is 1. The SMILES string of the molecule is CC(C)(C)OC(=O)NCC(O)Cc1ccccc1Br. The molecule has 1 amide bonds. The molecule has 4 nitrogen and oxygen atoms in total. The van der Waals surface area contributed by atoms with Crippen LogP contribution in [0.15, 0.2) is 28.7 Å². The smallest absolute Gasteiger partial charge is 0.407 e. The predicted molar refractivity (Wildman–Crippen MR) is 78.1 cm³/mol. The zero-order chi connectivity index (χ0) is 14.5. The number of ether oxygens (including phenoxy) is 1. The minimum absolute atomic E-state index is 0.163. The minimum Gasteiger partial charge on any atom is -0.444 e. The van der Waals surface area contributed by atoms with Gasteiger partial charge in [-0.25, -0.2) is 4.79 Å². The van der Waals surface area contributed by atoms with Crippen molar-refractivity contribution in [3.63, 3.8) is 0 Å². The molecule has 0 radical (unpaired) electrons. The number of carbonyl (C=O) groups is 1. The summed E-state index contributed by atoms with van der Waals surface area (Å²) < 4.78 is 6.04. The van der Waals surface area contributed by atoms with Crippen LogP contribution in [0.1, 0.15) is 26.3 Å². The quantitative estimate of drug-likeness (QED) is 0.892. The van der Waals surface area contributed by atoms with Crippen molar-refractivity contribution in [2.75, 3.05) is 6.54 Å². The number of aliphatic hydroxyl groups excluding tert-OH is 1. The number of rotatable bonds is 4. The molecule has 2 N–H and O–H groups in total. The zero-order valence-electron chi connectivity index (χ0n) is 11.4. The topological polar surface area (TPSA) is 58.6 Å². The molecule has 1 rings (SSSR count). The van der Waals surface area contributed by atoms with Crippen LogP contribution in [-0.4, -0.2) is 29.4 Å². The first-order valence-electron chi connectivity index (χ1n) is 6.16. The molecule has 0 aliphatic rings. The highest BCUT2D eigenvalue weighted by molar-refractivity contribution is 9.10. The van der Waals surface area contributed by atoms with Gasteiger partial charge in [0.1, 0.15) is 5.60 Å². The number of benzene rings is 1. The first-order chi connectivity index (χ1) is 8.78. The number of hydrogen-bond donors (Lipinski definition) is 2.